The molecule has 7 heteroatoms. The summed E-state index contributed by atoms with van der Waals surface area (Å²) >= 11 is 11.9. The van der Waals surface area contributed by atoms with Crippen LogP contribution in [0.15, 0.2) is 18.2 Å². The number of guanidine groups is 1. The Kier molecular flexibility index (Phi) is 4.64. The SMILES string of the molecule is CC1(C)CC(NC(=N)Nc2cc(Cl)cc(Cl)c2)C(C)(C)N1O. The van der Waals surface area contributed by atoms with Crippen molar-refractivity contribution in [1.29, 1.82) is 5.41 Å². The highest BCUT2D eigenvalue weighted by Crippen LogP contribution is 2.39. The van der Waals surface area contributed by atoms with E-state index >= 15 is 0 Å². The molecule has 122 valence electrons. The van der Waals surface area contributed by atoms with Gasteiger partial charge in [-0.05, 0) is 52.3 Å². The van der Waals surface area contributed by atoms with Crippen molar-refractivity contribution in [3.8, 4) is 0 Å². The summed E-state index contributed by atoms with van der Waals surface area (Å²) in [6.45, 7) is 7.85. The highest BCUT2D eigenvalue weighted by Gasteiger charge is 2.51. The molecule has 1 aliphatic heterocycles. The maximum Gasteiger partial charge on any atom is 0.193 e. The zero-order valence-corrected chi connectivity index (χ0v) is 14.7. The van der Waals surface area contributed by atoms with Gasteiger partial charge in [-0.2, -0.15) is 5.06 Å². The molecule has 4 N–H and O–H groups in total. The van der Waals surface area contributed by atoms with Gasteiger partial charge in [-0.3, -0.25) is 5.41 Å². The first-order valence-electron chi connectivity index (χ1n) is 7.10. The third-order valence-corrected chi connectivity index (χ3v) is 4.56. The van der Waals surface area contributed by atoms with Crippen LogP contribution in [-0.2, 0) is 0 Å². The van der Waals surface area contributed by atoms with Crippen LogP contribution in [0, 0.1) is 5.41 Å². The number of anilines is 1. The Morgan fingerprint density at radius 1 is 1.23 bits per heavy atom. The van der Waals surface area contributed by atoms with Crippen LogP contribution in [0.1, 0.15) is 34.1 Å². The lowest BCUT2D eigenvalue weighted by Gasteiger charge is -2.36. The highest BCUT2D eigenvalue weighted by atomic mass is 35.5. The van der Waals surface area contributed by atoms with Crippen molar-refractivity contribution in [3.63, 3.8) is 0 Å². The number of hydrogen-bond acceptors (Lipinski definition) is 3. The predicted molar refractivity (Wildman–Crippen MR) is 91.1 cm³/mol. The molecule has 1 aliphatic rings. The maximum absolute atomic E-state index is 10.3. The lowest BCUT2D eigenvalue weighted by Crippen LogP contribution is -2.53. The summed E-state index contributed by atoms with van der Waals surface area (Å²) in [4.78, 5) is 0. The highest BCUT2D eigenvalue weighted by molar-refractivity contribution is 6.35. The van der Waals surface area contributed by atoms with Gasteiger partial charge >= 0.3 is 0 Å². The summed E-state index contributed by atoms with van der Waals surface area (Å²) in [6, 6.07) is 4.97. The van der Waals surface area contributed by atoms with E-state index in [2.05, 4.69) is 10.6 Å². The van der Waals surface area contributed by atoms with Gasteiger partial charge in [-0.25, -0.2) is 0 Å². The van der Waals surface area contributed by atoms with Crippen LogP contribution in [0.4, 0.5) is 5.69 Å². The minimum atomic E-state index is -0.483. The predicted octanol–water partition coefficient (Wildman–Crippen LogP) is 3.95. The summed E-state index contributed by atoms with van der Waals surface area (Å²) in [5.74, 6) is 0.141. The quantitative estimate of drug-likeness (QED) is 0.484. The van der Waals surface area contributed by atoms with E-state index in [0.717, 1.165) is 6.42 Å². The Labute approximate surface area is 141 Å². The van der Waals surface area contributed by atoms with Crippen molar-refractivity contribution in [2.45, 2.75) is 51.2 Å². The van der Waals surface area contributed by atoms with E-state index in [4.69, 9.17) is 28.6 Å². The van der Waals surface area contributed by atoms with Crippen LogP contribution in [-0.4, -0.2) is 33.3 Å². The lowest BCUT2D eigenvalue weighted by atomic mass is 9.94. The molecule has 0 radical (unpaired) electrons. The number of benzene rings is 1. The number of hydrogen-bond donors (Lipinski definition) is 4. The third kappa shape index (κ3) is 3.49. The van der Waals surface area contributed by atoms with Gasteiger partial charge in [-0.15, -0.1) is 0 Å². The molecule has 1 unspecified atom stereocenters. The Bertz CT molecular complexity index is 569. The second-order valence-corrected chi connectivity index (χ2v) is 7.71. The van der Waals surface area contributed by atoms with E-state index in [1.54, 1.807) is 18.2 Å². The van der Waals surface area contributed by atoms with E-state index in [0.29, 0.717) is 15.7 Å². The molecule has 0 amide bonds. The Morgan fingerprint density at radius 2 is 1.77 bits per heavy atom. The molecule has 0 saturated carbocycles. The lowest BCUT2D eigenvalue weighted by molar-refractivity contribution is -0.193. The number of nitrogens with zero attached hydrogens (tertiary/aromatic N) is 1. The van der Waals surface area contributed by atoms with Gasteiger partial charge in [0.1, 0.15) is 0 Å². The van der Waals surface area contributed by atoms with Crippen molar-refractivity contribution in [3.05, 3.63) is 28.2 Å². The molecule has 1 saturated heterocycles. The second-order valence-electron chi connectivity index (χ2n) is 6.84. The van der Waals surface area contributed by atoms with Gasteiger partial charge in [0.2, 0.25) is 0 Å². The fourth-order valence-electron chi connectivity index (χ4n) is 2.97. The average Bonchev–Trinajstić information content (AvgIpc) is 2.48. The van der Waals surface area contributed by atoms with Gasteiger partial charge < -0.3 is 15.8 Å². The van der Waals surface area contributed by atoms with Crippen molar-refractivity contribution in [2.24, 2.45) is 0 Å². The van der Waals surface area contributed by atoms with Crippen molar-refractivity contribution >= 4 is 34.8 Å². The van der Waals surface area contributed by atoms with Crippen molar-refractivity contribution in [2.75, 3.05) is 5.32 Å². The van der Waals surface area contributed by atoms with E-state index in [1.165, 1.54) is 5.06 Å². The topological polar surface area (TPSA) is 71.4 Å². The smallest absolute Gasteiger partial charge is 0.193 e. The largest absolute Gasteiger partial charge is 0.352 e. The standard InChI is InChI=1S/C15H22Cl2N4O/c1-14(2)8-12(15(3,4)21(14)22)20-13(18)19-11-6-9(16)5-10(17)7-11/h5-7,12,22H,8H2,1-4H3,(H3,18,19,20). The molecule has 0 spiro atoms. The Morgan fingerprint density at radius 3 is 2.23 bits per heavy atom. The molecule has 22 heavy (non-hydrogen) atoms. The minimum absolute atomic E-state index is 0.0674. The molecule has 0 aromatic heterocycles. The molecule has 0 aliphatic carbocycles. The van der Waals surface area contributed by atoms with Gasteiger partial charge in [-0.1, -0.05) is 23.2 Å². The summed E-state index contributed by atoms with van der Waals surface area (Å²) in [5, 5.41) is 26.8. The van der Waals surface area contributed by atoms with Gasteiger partial charge in [0, 0.05) is 21.3 Å². The van der Waals surface area contributed by atoms with Gasteiger partial charge in [0.05, 0.1) is 11.6 Å². The minimum Gasteiger partial charge on any atom is -0.352 e. The van der Waals surface area contributed by atoms with Gasteiger partial charge in [0.15, 0.2) is 5.96 Å². The van der Waals surface area contributed by atoms with Crippen molar-refractivity contribution in [1.82, 2.24) is 10.4 Å². The van der Waals surface area contributed by atoms with Crippen LogP contribution >= 0.6 is 23.2 Å². The van der Waals surface area contributed by atoms with Crippen molar-refractivity contribution < 1.29 is 5.21 Å². The van der Waals surface area contributed by atoms with E-state index in [-0.39, 0.29) is 17.5 Å². The third-order valence-electron chi connectivity index (χ3n) is 4.13. The van der Waals surface area contributed by atoms with Crippen LogP contribution in [0.25, 0.3) is 0 Å². The fraction of sp³-hybridized carbons (Fsp3) is 0.533. The normalized spacial score (nSPS) is 23.3. The molecule has 1 atom stereocenters. The summed E-state index contributed by atoms with van der Waals surface area (Å²) in [7, 11) is 0. The van der Waals surface area contributed by atoms with Gasteiger partial charge in [0.25, 0.3) is 0 Å². The van der Waals surface area contributed by atoms with Crippen LogP contribution < -0.4 is 10.6 Å². The molecule has 2 rings (SSSR count). The summed E-state index contributed by atoms with van der Waals surface area (Å²) < 4.78 is 0. The molecule has 1 aromatic rings. The zero-order chi connectivity index (χ0) is 16.7. The molecular formula is C15H22Cl2N4O. The van der Waals surface area contributed by atoms with Crippen LogP contribution in [0.2, 0.25) is 10.0 Å². The summed E-state index contributed by atoms with van der Waals surface area (Å²) in [6.07, 6.45) is 0.719. The van der Waals surface area contributed by atoms with E-state index in [9.17, 15) is 5.21 Å². The number of rotatable bonds is 2. The van der Waals surface area contributed by atoms with E-state index in [1.807, 2.05) is 27.7 Å². The first-order valence-corrected chi connectivity index (χ1v) is 7.85. The molecule has 1 aromatic carbocycles. The second kappa shape index (κ2) is 5.89. The number of nitrogens with one attached hydrogen (secondary N) is 3. The first kappa shape index (κ1) is 17.3. The monoisotopic (exact) mass is 344 g/mol. The molecule has 1 fully saturated rings. The zero-order valence-electron chi connectivity index (χ0n) is 13.2. The van der Waals surface area contributed by atoms with Crippen LogP contribution in [0.3, 0.4) is 0 Å². The Balaban J connectivity index is 2.06. The average molecular weight is 345 g/mol. The maximum atomic E-state index is 10.3. The molecular weight excluding hydrogens is 323 g/mol. The van der Waals surface area contributed by atoms with Crippen LogP contribution in [0.5, 0.6) is 0 Å². The Hall–Kier alpha value is -1.01. The number of hydroxylamine groups is 2. The molecule has 0 bridgehead atoms. The first-order chi connectivity index (χ1) is 10.0. The molecule has 5 nitrogen and oxygen atoms in total. The summed E-state index contributed by atoms with van der Waals surface area (Å²) in [5.41, 5.74) is -0.185. The van der Waals surface area contributed by atoms with E-state index < -0.39 is 5.54 Å². The molecule has 1 heterocycles. The fourth-order valence-corrected chi connectivity index (χ4v) is 3.50. The number of halogens is 2.